The van der Waals surface area contributed by atoms with Crippen LogP contribution in [0.3, 0.4) is 0 Å². The summed E-state index contributed by atoms with van der Waals surface area (Å²) in [4.78, 5) is 13.5. The van der Waals surface area contributed by atoms with Crippen LogP contribution in [0.5, 0.6) is 5.88 Å². The summed E-state index contributed by atoms with van der Waals surface area (Å²) in [5, 5.41) is 15.7. The number of azo groups is 1. The Bertz CT molecular complexity index is 1190. The third kappa shape index (κ3) is 3.61. The lowest BCUT2D eigenvalue weighted by molar-refractivity contribution is 0.121. The monoisotopic (exact) mass is 447 g/mol. The van der Waals surface area contributed by atoms with Gasteiger partial charge in [0.15, 0.2) is 17.1 Å². The van der Waals surface area contributed by atoms with Crippen LogP contribution in [0.25, 0.3) is 5.57 Å². The number of aliphatic imine (C=N–C) groups is 1. The Morgan fingerprint density at radius 3 is 2.72 bits per heavy atom. The maximum atomic E-state index is 5.76. The molecule has 0 N–H and O–H groups in total. The molecule has 1 aliphatic carbocycles. The number of guanidine groups is 1. The number of rotatable bonds is 5. The van der Waals surface area contributed by atoms with Gasteiger partial charge in [0.1, 0.15) is 5.56 Å². The van der Waals surface area contributed by atoms with Crippen LogP contribution >= 0.6 is 11.8 Å². The molecule has 0 amide bonds. The van der Waals surface area contributed by atoms with Crippen molar-refractivity contribution in [3.8, 4) is 5.88 Å². The third-order valence-electron chi connectivity index (χ3n) is 5.39. The predicted molar refractivity (Wildman–Crippen MR) is 123 cm³/mol. The van der Waals surface area contributed by atoms with Gasteiger partial charge < -0.3 is 9.47 Å². The Kier molecular flexibility index (Phi) is 5.54. The second kappa shape index (κ2) is 8.64. The first-order valence-electron chi connectivity index (χ1n) is 10.0. The molecular formula is C22H21N7O2S. The summed E-state index contributed by atoms with van der Waals surface area (Å²) in [5.74, 6) is 1.24. The molecule has 2 aromatic rings. The molecule has 3 aliphatic rings. The molecule has 1 aromatic carbocycles. The maximum absolute atomic E-state index is 5.76. The molecule has 5 rings (SSSR count). The molecule has 162 valence electrons. The molecule has 0 fully saturated rings. The lowest BCUT2D eigenvalue weighted by atomic mass is 9.91. The van der Waals surface area contributed by atoms with E-state index >= 15 is 0 Å². The van der Waals surface area contributed by atoms with Gasteiger partial charge in [-0.3, -0.25) is 0 Å². The first kappa shape index (κ1) is 20.5. The number of fused-ring (bicyclic) bond motifs is 2. The van der Waals surface area contributed by atoms with E-state index < -0.39 is 6.17 Å². The summed E-state index contributed by atoms with van der Waals surface area (Å²) in [6.07, 6.45) is 7.98. The van der Waals surface area contributed by atoms with E-state index in [0.29, 0.717) is 28.4 Å². The Morgan fingerprint density at radius 1 is 1.12 bits per heavy atom. The highest BCUT2D eigenvalue weighted by molar-refractivity contribution is 7.98. The molecule has 0 saturated heterocycles. The second-order valence-corrected chi connectivity index (χ2v) is 7.95. The van der Waals surface area contributed by atoms with Crippen molar-refractivity contribution in [1.82, 2.24) is 15.0 Å². The fourth-order valence-electron chi connectivity index (χ4n) is 3.79. The summed E-state index contributed by atoms with van der Waals surface area (Å²) in [5.41, 5.74) is 3.83. The van der Waals surface area contributed by atoms with Gasteiger partial charge in [-0.15, -0.1) is 5.11 Å². The van der Waals surface area contributed by atoms with Crippen molar-refractivity contribution in [3.63, 3.8) is 0 Å². The van der Waals surface area contributed by atoms with Crippen molar-refractivity contribution in [1.29, 1.82) is 0 Å². The number of hydrazone groups is 1. The van der Waals surface area contributed by atoms with Crippen LogP contribution in [-0.4, -0.2) is 59.9 Å². The number of methoxy groups -OCH3 is 2. The van der Waals surface area contributed by atoms with Crippen molar-refractivity contribution in [3.05, 3.63) is 59.2 Å². The summed E-state index contributed by atoms with van der Waals surface area (Å²) < 4.78 is 11.2. The zero-order chi connectivity index (χ0) is 22.1. The van der Waals surface area contributed by atoms with E-state index in [0.717, 1.165) is 23.1 Å². The molecule has 0 bridgehead atoms. The van der Waals surface area contributed by atoms with Crippen LogP contribution in [0.15, 0.2) is 73.5 Å². The SMILES string of the molecule is COc1nc(SC)nc2c1C=NN1C(=N2)N=NC1C1=CC(c2ccccc2)=CCC1OC. The predicted octanol–water partition coefficient (Wildman–Crippen LogP) is 4.06. The molecule has 2 unspecified atom stereocenters. The van der Waals surface area contributed by atoms with Gasteiger partial charge in [-0.05, 0) is 29.9 Å². The fourth-order valence-corrected chi connectivity index (χ4v) is 4.14. The van der Waals surface area contributed by atoms with E-state index in [1.54, 1.807) is 25.4 Å². The molecule has 10 heteroatoms. The number of nitrogens with zero attached hydrogens (tertiary/aromatic N) is 7. The minimum atomic E-state index is -0.462. The van der Waals surface area contributed by atoms with Crippen LogP contribution in [0.4, 0.5) is 5.82 Å². The number of benzene rings is 1. The number of ether oxygens (including phenoxy) is 2. The average molecular weight is 448 g/mol. The standard InChI is InChI=1S/C22H21N7O2S/c1-30-17-10-9-14(13-7-5-4-6-8-13)11-15(17)19-27-28-21-24-18-16(12-23-29(19)21)20(31-2)26-22(25-18)32-3/h4-9,11-12,17,19H,10H2,1-3H3. The molecule has 3 heterocycles. The van der Waals surface area contributed by atoms with Crippen LogP contribution < -0.4 is 4.74 Å². The van der Waals surface area contributed by atoms with Gasteiger partial charge in [0.25, 0.3) is 5.96 Å². The minimum absolute atomic E-state index is 0.135. The van der Waals surface area contributed by atoms with Crippen molar-refractivity contribution < 1.29 is 9.47 Å². The molecular weight excluding hydrogens is 426 g/mol. The van der Waals surface area contributed by atoms with E-state index in [-0.39, 0.29) is 6.10 Å². The van der Waals surface area contributed by atoms with Crippen LogP contribution in [0, 0.1) is 0 Å². The quantitative estimate of drug-likeness (QED) is 0.506. The molecule has 1 aromatic heterocycles. The van der Waals surface area contributed by atoms with Crippen molar-refractivity contribution >= 4 is 35.3 Å². The number of hydrogen-bond donors (Lipinski definition) is 0. The van der Waals surface area contributed by atoms with Gasteiger partial charge in [-0.2, -0.15) is 25.2 Å². The highest BCUT2D eigenvalue weighted by Gasteiger charge is 2.37. The van der Waals surface area contributed by atoms with Crippen LogP contribution in [0.1, 0.15) is 17.5 Å². The minimum Gasteiger partial charge on any atom is -0.480 e. The second-order valence-electron chi connectivity index (χ2n) is 7.18. The average Bonchev–Trinajstić information content (AvgIpc) is 3.15. The first-order chi connectivity index (χ1) is 15.7. The van der Waals surface area contributed by atoms with E-state index in [4.69, 9.17) is 9.47 Å². The molecule has 9 nitrogen and oxygen atoms in total. The zero-order valence-electron chi connectivity index (χ0n) is 17.8. The number of aromatic nitrogens is 2. The summed E-state index contributed by atoms with van der Waals surface area (Å²) >= 11 is 1.41. The molecule has 2 aliphatic heterocycles. The van der Waals surface area contributed by atoms with Gasteiger partial charge in [0.2, 0.25) is 5.88 Å². The summed E-state index contributed by atoms with van der Waals surface area (Å²) in [7, 11) is 3.27. The van der Waals surface area contributed by atoms with E-state index in [9.17, 15) is 0 Å². The van der Waals surface area contributed by atoms with E-state index in [1.165, 1.54) is 11.8 Å². The van der Waals surface area contributed by atoms with Gasteiger partial charge in [0, 0.05) is 12.7 Å². The summed E-state index contributed by atoms with van der Waals surface area (Å²) in [6.45, 7) is 0. The smallest absolute Gasteiger partial charge is 0.269 e. The normalized spacial score (nSPS) is 21.3. The number of allylic oxidation sites excluding steroid dienone is 2. The fraction of sp³-hybridized carbons (Fsp3) is 0.273. The number of thioether (sulfide) groups is 1. The van der Waals surface area contributed by atoms with Gasteiger partial charge >= 0.3 is 0 Å². The Hall–Kier alpha value is -3.37. The van der Waals surface area contributed by atoms with Crippen molar-refractivity contribution in [2.24, 2.45) is 20.3 Å². The van der Waals surface area contributed by atoms with Crippen LogP contribution in [-0.2, 0) is 4.74 Å². The highest BCUT2D eigenvalue weighted by atomic mass is 32.2. The maximum Gasteiger partial charge on any atom is 0.269 e. The third-order valence-corrected chi connectivity index (χ3v) is 5.94. The zero-order valence-corrected chi connectivity index (χ0v) is 18.7. The lowest BCUT2D eigenvalue weighted by Gasteiger charge is -2.28. The molecule has 2 atom stereocenters. The molecule has 0 spiro atoms. The van der Waals surface area contributed by atoms with Gasteiger partial charge in [-0.1, -0.05) is 48.2 Å². The molecule has 0 radical (unpaired) electrons. The first-order valence-corrected chi connectivity index (χ1v) is 11.3. The number of hydrogen-bond acceptors (Lipinski definition) is 10. The molecule has 0 saturated carbocycles. The Morgan fingerprint density at radius 2 is 1.97 bits per heavy atom. The Balaban J connectivity index is 1.53. The summed E-state index contributed by atoms with van der Waals surface area (Å²) in [6, 6.07) is 10.2. The molecule has 32 heavy (non-hydrogen) atoms. The van der Waals surface area contributed by atoms with Gasteiger partial charge in [0.05, 0.1) is 19.4 Å². The Labute approximate surface area is 189 Å². The van der Waals surface area contributed by atoms with E-state index in [2.05, 4.69) is 54.6 Å². The van der Waals surface area contributed by atoms with Crippen LogP contribution in [0.2, 0.25) is 0 Å². The van der Waals surface area contributed by atoms with Crippen molar-refractivity contribution in [2.45, 2.75) is 23.8 Å². The highest BCUT2D eigenvalue weighted by Crippen LogP contribution is 2.36. The van der Waals surface area contributed by atoms with Crippen molar-refractivity contribution in [2.75, 3.05) is 20.5 Å². The lowest BCUT2D eigenvalue weighted by Crippen LogP contribution is -2.35. The van der Waals surface area contributed by atoms with E-state index in [1.807, 2.05) is 24.5 Å². The topological polar surface area (TPSA) is 96.9 Å². The van der Waals surface area contributed by atoms with Gasteiger partial charge in [-0.25, -0.2) is 4.98 Å². The largest absolute Gasteiger partial charge is 0.480 e.